The number of hydrogen-bond acceptors (Lipinski definition) is 5. The van der Waals surface area contributed by atoms with Crippen LogP contribution in [-0.2, 0) is 10.0 Å². The van der Waals surface area contributed by atoms with Gasteiger partial charge in [0.1, 0.15) is 0 Å². The van der Waals surface area contributed by atoms with Crippen LogP contribution in [-0.4, -0.2) is 60.8 Å². The Kier molecular flexibility index (Phi) is 5.12. The molecule has 2 heterocycles. The van der Waals surface area contributed by atoms with Crippen LogP contribution in [0, 0.1) is 6.92 Å². The summed E-state index contributed by atoms with van der Waals surface area (Å²) in [5.74, 6) is -1.18. The maximum absolute atomic E-state index is 12.7. The van der Waals surface area contributed by atoms with Gasteiger partial charge in [-0.25, -0.2) is 13.2 Å². The van der Waals surface area contributed by atoms with Crippen molar-refractivity contribution in [3.63, 3.8) is 0 Å². The van der Waals surface area contributed by atoms with E-state index in [0.717, 1.165) is 5.56 Å². The molecule has 0 unspecified atom stereocenters. The molecule has 0 radical (unpaired) electrons. The van der Waals surface area contributed by atoms with Crippen LogP contribution >= 0.6 is 11.3 Å². The number of amides is 1. The quantitative estimate of drug-likeness (QED) is 0.855. The van der Waals surface area contributed by atoms with E-state index >= 15 is 0 Å². The number of thiophene rings is 1. The van der Waals surface area contributed by atoms with Crippen molar-refractivity contribution in [3.8, 4) is 0 Å². The Labute approximate surface area is 155 Å². The third kappa shape index (κ3) is 3.50. The van der Waals surface area contributed by atoms with Gasteiger partial charge in [-0.1, -0.05) is 0 Å². The van der Waals surface area contributed by atoms with Gasteiger partial charge in [-0.15, -0.1) is 0 Å². The Morgan fingerprint density at radius 2 is 1.65 bits per heavy atom. The van der Waals surface area contributed by atoms with Crippen LogP contribution in [0.2, 0.25) is 0 Å². The molecule has 7 nitrogen and oxygen atoms in total. The molecular formula is C17H18N2O5S2. The zero-order valence-corrected chi connectivity index (χ0v) is 15.7. The minimum absolute atomic E-state index is 0.0329. The molecule has 1 fully saturated rings. The highest BCUT2D eigenvalue weighted by atomic mass is 32.2. The normalized spacial score (nSPS) is 15.8. The zero-order valence-electron chi connectivity index (χ0n) is 14.1. The number of sulfonamides is 1. The van der Waals surface area contributed by atoms with Gasteiger partial charge in [0.2, 0.25) is 10.0 Å². The first-order valence-corrected chi connectivity index (χ1v) is 10.3. The van der Waals surface area contributed by atoms with E-state index in [0.29, 0.717) is 18.7 Å². The first-order chi connectivity index (χ1) is 12.3. The number of piperazine rings is 1. The first kappa shape index (κ1) is 18.6. The lowest BCUT2D eigenvalue weighted by Crippen LogP contribution is -2.50. The summed E-state index contributed by atoms with van der Waals surface area (Å²) >= 11 is 1.47. The average Bonchev–Trinajstić information content (AvgIpc) is 3.07. The van der Waals surface area contributed by atoms with Crippen molar-refractivity contribution in [2.24, 2.45) is 0 Å². The highest BCUT2D eigenvalue weighted by molar-refractivity contribution is 7.89. The highest BCUT2D eigenvalue weighted by Gasteiger charge is 2.31. The predicted octanol–water partition coefficient (Wildman–Crippen LogP) is 1.90. The van der Waals surface area contributed by atoms with Gasteiger partial charge in [0.05, 0.1) is 16.0 Å². The summed E-state index contributed by atoms with van der Waals surface area (Å²) in [6.07, 6.45) is 0. The van der Waals surface area contributed by atoms with Crippen LogP contribution in [0.3, 0.4) is 0 Å². The van der Waals surface area contributed by atoms with Gasteiger partial charge in [-0.05, 0) is 42.1 Å². The van der Waals surface area contributed by atoms with E-state index in [4.69, 9.17) is 5.11 Å². The Morgan fingerprint density at radius 1 is 1.04 bits per heavy atom. The molecular weight excluding hydrogens is 376 g/mol. The number of aryl methyl sites for hydroxylation is 1. The van der Waals surface area contributed by atoms with E-state index in [1.165, 1.54) is 39.9 Å². The molecule has 1 saturated heterocycles. The molecule has 9 heteroatoms. The van der Waals surface area contributed by atoms with Crippen molar-refractivity contribution in [1.82, 2.24) is 9.21 Å². The topological polar surface area (TPSA) is 95.0 Å². The van der Waals surface area contributed by atoms with Gasteiger partial charge in [0.25, 0.3) is 5.91 Å². The third-order valence-corrected chi connectivity index (χ3v) is 7.13. The summed E-state index contributed by atoms with van der Waals surface area (Å²) < 4.78 is 26.7. The van der Waals surface area contributed by atoms with E-state index in [2.05, 4.69) is 0 Å². The van der Waals surface area contributed by atoms with Crippen molar-refractivity contribution in [3.05, 3.63) is 51.7 Å². The van der Waals surface area contributed by atoms with Crippen LogP contribution in [0.1, 0.15) is 26.3 Å². The molecule has 1 amide bonds. The summed E-state index contributed by atoms with van der Waals surface area (Å²) in [7, 11) is -3.71. The standard InChI is InChI=1S/C17H18N2O5S2/c1-12-10-25-11-15(12)16(20)18-6-8-19(9-7-18)26(23,24)14-4-2-13(3-5-14)17(21)22/h2-5,10-11H,6-9H2,1H3,(H,21,22). The van der Waals surface area contributed by atoms with Crippen molar-refractivity contribution in [2.75, 3.05) is 26.2 Å². The molecule has 0 aliphatic carbocycles. The number of hydrogen-bond donors (Lipinski definition) is 1. The number of carbonyl (C=O) groups excluding carboxylic acids is 1. The Bertz CT molecular complexity index is 926. The van der Waals surface area contributed by atoms with Crippen molar-refractivity contribution < 1.29 is 23.1 Å². The van der Waals surface area contributed by atoms with E-state index < -0.39 is 16.0 Å². The molecule has 0 saturated carbocycles. The van der Waals surface area contributed by atoms with Crippen LogP contribution in [0.5, 0.6) is 0 Å². The molecule has 1 aliphatic rings. The van der Waals surface area contributed by atoms with Gasteiger partial charge in [0.15, 0.2) is 0 Å². The monoisotopic (exact) mass is 394 g/mol. The fraction of sp³-hybridized carbons (Fsp3) is 0.294. The fourth-order valence-corrected chi connectivity index (χ4v) is 5.04. The maximum atomic E-state index is 12.7. The van der Waals surface area contributed by atoms with Gasteiger partial charge in [-0.2, -0.15) is 15.6 Å². The number of benzene rings is 1. The Balaban J connectivity index is 1.69. The summed E-state index contributed by atoms with van der Waals surface area (Å²) in [6.45, 7) is 2.93. The number of carboxylic acid groups (broad SMARTS) is 1. The molecule has 138 valence electrons. The zero-order chi connectivity index (χ0) is 18.9. The lowest BCUT2D eigenvalue weighted by molar-refractivity contribution is 0.0689. The van der Waals surface area contributed by atoms with E-state index in [-0.39, 0.29) is 29.5 Å². The highest BCUT2D eigenvalue weighted by Crippen LogP contribution is 2.21. The smallest absolute Gasteiger partial charge is 0.335 e. The molecule has 1 aliphatic heterocycles. The number of carbonyl (C=O) groups is 2. The second kappa shape index (κ2) is 7.18. The molecule has 1 aromatic carbocycles. The van der Waals surface area contributed by atoms with Gasteiger partial charge in [0, 0.05) is 31.6 Å². The van der Waals surface area contributed by atoms with Crippen LogP contribution in [0.25, 0.3) is 0 Å². The number of aromatic carboxylic acids is 1. The van der Waals surface area contributed by atoms with Gasteiger partial charge >= 0.3 is 5.97 Å². The number of carboxylic acids is 1. The lowest BCUT2D eigenvalue weighted by atomic mass is 10.2. The molecule has 1 aromatic heterocycles. The second-order valence-corrected chi connectivity index (χ2v) is 8.68. The van der Waals surface area contributed by atoms with Gasteiger partial charge < -0.3 is 10.0 Å². The molecule has 1 N–H and O–H groups in total. The van der Waals surface area contributed by atoms with Crippen molar-refractivity contribution in [2.45, 2.75) is 11.8 Å². The van der Waals surface area contributed by atoms with Crippen LogP contribution in [0.15, 0.2) is 39.9 Å². The van der Waals surface area contributed by atoms with Crippen molar-refractivity contribution in [1.29, 1.82) is 0 Å². The van der Waals surface area contributed by atoms with E-state index in [1.807, 2.05) is 17.7 Å². The van der Waals surface area contributed by atoms with Crippen molar-refractivity contribution >= 4 is 33.2 Å². The minimum Gasteiger partial charge on any atom is -0.478 e. The minimum atomic E-state index is -3.71. The lowest BCUT2D eigenvalue weighted by Gasteiger charge is -2.34. The fourth-order valence-electron chi connectivity index (χ4n) is 2.80. The predicted molar refractivity (Wildman–Crippen MR) is 97.1 cm³/mol. The van der Waals surface area contributed by atoms with Gasteiger partial charge in [-0.3, -0.25) is 4.79 Å². The Hall–Kier alpha value is -2.23. The summed E-state index contributed by atoms with van der Waals surface area (Å²) in [4.78, 5) is 25.1. The van der Waals surface area contributed by atoms with E-state index in [9.17, 15) is 18.0 Å². The molecule has 0 bridgehead atoms. The number of nitrogens with zero attached hydrogens (tertiary/aromatic N) is 2. The van der Waals surface area contributed by atoms with E-state index in [1.54, 1.807) is 4.90 Å². The number of rotatable bonds is 4. The molecule has 26 heavy (non-hydrogen) atoms. The summed E-state index contributed by atoms with van der Waals surface area (Å²) in [6, 6.07) is 5.14. The summed E-state index contributed by atoms with van der Waals surface area (Å²) in [5, 5.41) is 12.6. The Morgan fingerprint density at radius 3 is 2.15 bits per heavy atom. The van der Waals surface area contributed by atoms with Crippen LogP contribution in [0.4, 0.5) is 0 Å². The molecule has 3 rings (SSSR count). The summed E-state index contributed by atoms with van der Waals surface area (Å²) in [5.41, 5.74) is 1.62. The largest absolute Gasteiger partial charge is 0.478 e. The molecule has 0 atom stereocenters. The SMILES string of the molecule is Cc1cscc1C(=O)N1CCN(S(=O)(=O)c2ccc(C(=O)O)cc2)CC1. The molecule has 0 spiro atoms. The van der Waals surface area contributed by atoms with Crippen LogP contribution < -0.4 is 0 Å². The average molecular weight is 394 g/mol. The third-order valence-electron chi connectivity index (χ3n) is 4.35. The maximum Gasteiger partial charge on any atom is 0.335 e. The second-order valence-electron chi connectivity index (χ2n) is 5.99. The first-order valence-electron chi connectivity index (χ1n) is 7.96. The molecule has 2 aromatic rings.